The van der Waals surface area contributed by atoms with Crippen molar-refractivity contribution < 1.29 is 24.2 Å². The van der Waals surface area contributed by atoms with E-state index in [4.69, 9.17) is 9.47 Å². The molecule has 0 aliphatic heterocycles. The normalized spacial score (nSPS) is 11.4. The first-order valence-corrected chi connectivity index (χ1v) is 14.9. The summed E-state index contributed by atoms with van der Waals surface area (Å²) in [4.78, 5) is 37.4. The van der Waals surface area contributed by atoms with E-state index in [1.165, 1.54) is 5.56 Å². The predicted molar refractivity (Wildman–Crippen MR) is 173 cm³/mol. The molecule has 12 nitrogen and oxygen atoms in total. The van der Waals surface area contributed by atoms with Crippen LogP contribution in [-0.4, -0.2) is 84.0 Å². The van der Waals surface area contributed by atoms with Crippen molar-refractivity contribution in [3.05, 3.63) is 108 Å². The van der Waals surface area contributed by atoms with E-state index in [1.54, 1.807) is 12.1 Å². The Morgan fingerprint density at radius 3 is 1.80 bits per heavy atom. The molecule has 0 saturated heterocycles. The maximum absolute atomic E-state index is 12.0. The second-order valence-electron chi connectivity index (χ2n) is 9.97. The molecular formula is C33H39N7O5. The Hall–Kier alpha value is -5.07. The molecule has 1 heterocycles. The Kier molecular flexibility index (Phi) is 13.5. The van der Waals surface area contributed by atoms with E-state index >= 15 is 0 Å². The minimum absolute atomic E-state index is 0.137. The third-order valence-electron chi connectivity index (χ3n) is 6.53. The van der Waals surface area contributed by atoms with Gasteiger partial charge in [-0.1, -0.05) is 78.9 Å². The van der Waals surface area contributed by atoms with Crippen LogP contribution in [0.1, 0.15) is 21.5 Å². The molecule has 1 aromatic heterocycles. The molecule has 45 heavy (non-hydrogen) atoms. The lowest BCUT2D eigenvalue weighted by Gasteiger charge is -2.16. The molecule has 1 amide bonds. The highest BCUT2D eigenvalue weighted by molar-refractivity contribution is 5.94. The summed E-state index contributed by atoms with van der Waals surface area (Å²) in [5.41, 5.74) is 2.66. The molecule has 236 valence electrons. The average molecular weight is 614 g/mol. The number of carbonyl (C=O) groups is 2. The number of nitrogens with one attached hydrogen (secondary N) is 4. The highest BCUT2D eigenvalue weighted by atomic mass is 16.5. The molecule has 0 unspecified atom stereocenters. The van der Waals surface area contributed by atoms with E-state index in [-0.39, 0.29) is 24.2 Å². The molecule has 0 aliphatic rings. The number of amides is 1. The molecule has 0 fully saturated rings. The van der Waals surface area contributed by atoms with Gasteiger partial charge >= 0.3 is 5.97 Å². The van der Waals surface area contributed by atoms with Gasteiger partial charge in [0.1, 0.15) is 6.04 Å². The molecule has 0 spiro atoms. The lowest BCUT2D eigenvalue weighted by molar-refractivity contribution is -0.137. The quantitative estimate of drug-likeness (QED) is 0.0929. The van der Waals surface area contributed by atoms with Crippen molar-refractivity contribution in [2.45, 2.75) is 18.9 Å². The lowest BCUT2D eigenvalue weighted by atomic mass is 10.1. The molecular weight excluding hydrogens is 574 g/mol. The third kappa shape index (κ3) is 12.2. The monoisotopic (exact) mass is 613 g/mol. The van der Waals surface area contributed by atoms with Crippen LogP contribution in [0, 0.1) is 0 Å². The number of hydrogen-bond acceptors (Lipinski definition) is 10. The number of carboxylic acid groups (broad SMARTS) is 1. The highest BCUT2D eigenvalue weighted by Crippen LogP contribution is 2.13. The van der Waals surface area contributed by atoms with Gasteiger partial charge in [0.25, 0.3) is 5.91 Å². The predicted octanol–water partition coefficient (Wildman–Crippen LogP) is 3.51. The topological polar surface area (TPSA) is 160 Å². The number of aromatic nitrogens is 3. The first-order valence-electron chi connectivity index (χ1n) is 14.9. The van der Waals surface area contributed by atoms with Gasteiger partial charge in [-0.25, -0.2) is 4.79 Å². The van der Waals surface area contributed by atoms with Gasteiger partial charge in [0.15, 0.2) is 0 Å². The van der Waals surface area contributed by atoms with Gasteiger partial charge in [-0.15, -0.1) is 0 Å². The summed E-state index contributed by atoms with van der Waals surface area (Å²) in [5.74, 6) is -0.397. The van der Waals surface area contributed by atoms with Crippen molar-refractivity contribution in [1.29, 1.82) is 0 Å². The standard InChI is InChI=1S/C33H39N7O5/c41-29(27-14-8-3-9-15-27)34-18-20-44-22-23-45-21-19-36-32-38-31(35-17-16-25-10-4-1-5-11-25)39-33(40-32)37-28(30(42)43)24-26-12-6-2-7-13-26/h1-15,28H,16-24H2,(H,34,41)(H,42,43)(H3,35,36,37,38,39,40)/t28-/m0/s1. The van der Waals surface area contributed by atoms with Crippen LogP contribution in [-0.2, 0) is 27.1 Å². The SMILES string of the molecule is O=C(NCCOCCOCCNc1nc(NCCc2ccccc2)nc(N[C@@H](Cc2ccccc2)C(=O)O)n1)c1ccccc1. The van der Waals surface area contributed by atoms with Crippen LogP contribution in [0.3, 0.4) is 0 Å². The molecule has 4 aromatic rings. The fourth-order valence-electron chi connectivity index (χ4n) is 4.25. The second-order valence-corrected chi connectivity index (χ2v) is 9.97. The maximum Gasteiger partial charge on any atom is 0.326 e. The zero-order valence-electron chi connectivity index (χ0n) is 25.0. The highest BCUT2D eigenvalue weighted by Gasteiger charge is 2.20. The lowest BCUT2D eigenvalue weighted by Crippen LogP contribution is -2.32. The van der Waals surface area contributed by atoms with E-state index in [2.05, 4.69) is 36.2 Å². The molecule has 3 aromatic carbocycles. The number of aliphatic carboxylic acids is 1. The maximum atomic E-state index is 12.0. The van der Waals surface area contributed by atoms with E-state index < -0.39 is 12.0 Å². The summed E-state index contributed by atoms with van der Waals surface area (Å²) in [6.45, 7) is 2.90. The minimum Gasteiger partial charge on any atom is -0.480 e. The fraction of sp³-hybridized carbons (Fsp3) is 0.303. The number of benzene rings is 3. The van der Waals surface area contributed by atoms with Crippen LogP contribution < -0.4 is 21.3 Å². The Bertz CT molecular complexity index is 1450. The Balaban J connectivity index is 1.23. The van der Waals surface area contributed by atoms with E-state index in [1.807, 2.05) is 78.9 Å². The first kappa shape index (κ1) is 32.8. The van der Waals surface area contributed by atoms with E-state index in [0.29, 0.717) is 57.6 Å². The Morgan fingerprint density at radius 2 is 1.18 bits per heavy atom. The van der Waals surface area contributed by atoms with Crippen LogP contribution in [0.15, 0.2) is 91.0 Å². The molecule has 12 heteroatoms. The zero-order chi connectivity index (χ0) is 31.5. The van der Waals surface area contributed by atoms with Crippen molar-refractivity contribution >= 4 is 29.7 Å². The van der Waals surface area contributed by atoms with Gasteiger partial charge in [-0.3, -0.25) is 4.79 Å². The summed E-state index contributed by atoms with van der Waals surface area (Å²) < 4.78 is 11.2. The number of anilines is 3. The molecule has 5 N–H and O–H groups in total. The van der Waals surface area contributed by atoms with Crippen molar-refractivity contribution in [2.75, 3.05) is 62.0 Å². The van der Waals surface area contributed by atoms with Gasteiger partial charge < -0.3 is 35.8 Å². The van der Waals surface area contributed by atoms with Crippen molar-refractivity contribution in [1.82, 2.24) is 20.3 Å². The van der Waals surface area contributed by atoms with Crippen LogP contribution in [0.5, 0.6) is 0 Å². The molecule has 0 bridgehead atoms. The Morgan fingerprint density at radius 1 is 0.644 bits per heavy atom. The van der Waals surface area contributed by atoms with E-state index in [9.17, 15) is 14.7 Å². The summed E-state index contributed by atoms with van der Waals surface area (Å²) in [5, 5.41) is 22.0. The number of carboxylic acids is 1. The molecule has 0 saturated carbocycles. The van der Waals surface area contributed by atoms with Crippen molar-refractivity contribution in [3.8, 4) is 0 Å². The van der Waals surface area contributed by atoms with E-state index in [0.717, 1.165) is 12.0 Å². The van der Waals surface area contributed by atoms with Crippen molar-refractivity contribution in [2.24, 2.45) is 0 Å². The summed E-state index contributed by atoms with van der Waals surface area (Å²) in [7, 11) is 0. The van der Waals surface area contributed by atoms with Crippen LogP contribution >= 0.6 is 0 Å². The number of rotatable bonds is 20. The first-order chi connectivity index (χ1) is 22.1. The number of ether oxygens (including phenoxy) is 2. The number of nitrogens with zero attached hydrogens (tertiary/aromatic N) is 3. The zero-order valence-corrected chi connectivity index (χ0v) is 25.0. The largest absolute Gasteiger partial charge is 0.480 e. The number of carbonyl (C=O) groups excluding carboxylic acids is 1. The van der Waals surface area contributed by atoms with Gasteiger partial charge in [0.05, 0.1) is 26.4 Å². The van der Waals surface area contributed by atoms with Gasteiger partial charge in [0.2, 0.25) is 17.8 Å². The summed E-state index contributed by atoms with van der Waals surface area (Å²) in [6, 6.07) is 27.5. The summed E-state index contributed by atoms with van der Waals surface area (Å²) >= 11 is 0. The molecule has 0 aliphatic carbocycles. The van der Waals surface area contributed by atoms with Gasteiger partial charge in [0, 0.05) is 31.6 Å². The third-order valence-corrected chi connectivity index (χ3v) is 6.53. The molecule has 0 radical (unpaired) electrons. The van der Waals surface area contributed by atoms with Crippen LogP contribution in [0.4, 0.5) is 17.8 Å². The molecule has 4 rings (SSSR count). The van der Waals surface area contributed by atoms with Gasteiger partial charge in [-0.05, 0) is 29.7 Å². The fourth-order valence-corrected chi connectivity index (χ4v) is 4.25. The number of hydrogen-bond donors (Lipinski definition) is 5. The Labute approximate surface area is 262 Å². The van der Waals surface area contributed by atoms with Gasteiger partial charge in [-0.2, -0.15) is 15.0 Å². The van der Waals surface area contributed by atoms with Crippen LogP contribution in [0.25, 0.3) is 0 Å². The van der Waals surface area contributed by atoms with Crippen molar-refractivity contribution in [3.63, 3.8) is 0 Å². The molecule has 1 atom stereocenters. The smallest absolute Gasteiger partial charge is 0.326 e. The minimum atomic E-state index is -1.01. The summed E-state index contributed by atoms with van der Waals surface area (Å²) in [6.07, 6.45) is 1.02. The van der Waals surface area contributed by atoms with Crippen LogP contribution in [0.2, 0.25) is 0 Å². The second kappa shape index (κ2) is 18.6. The average Bonchev–Trinajstić information content (AvgIpc) is 3.06.